The van der Waals surface area contributed by atoms with Gasteiger partial charge in [0.1, 0.15) is 5.82 Å². The summed E-state index contributed by atoms with van der Waals surface area (Å²) in [5, 5.41) is 11.0. The van der Waals surface area contributed by atoms with Crippen molar-refractivity contribution in [3.05, 3.63) is 35.6 Å². The Balaban J connectivity index is 1.23. The van der Waals surface area contributed by atoms with Crippen LogP contribution < -0.4 is 5.32 Å². The number of likely N-dealkylation sites (tertiary alicyclic amines) is 1. The molecule has 2 fully saturated rings. The molecule has 2 aromatic rings. The highest BCUT2D eigenvalue weighted by molar-refractivity contribution is 5.74. The molecule has 0 bridgehead atoms. The lowest BCUT2D eigenvalue weighted by molar-refractivity contribution is 0.164. The third kappa shape index (κ3) is 3.54. The molecule has 8 nitrogen and oxygen atoms in total. The third-order valence-electron chi connectivity index (χ3n) is 5.32. The van der Waals surface area contributed by atoms with Crippen molar-refractivity contribution in [2.45, 2.75) is 57.4 Å². The predicted octanol–water partition coefficient (Wildman–Crippen LogP) is 2.31. The Morgan fingerprint density at radius 3 is 2.62 bits per heavy atom. The van der Waals surface area contributed by atoms with Crippen LogP contribution >= 0.6 is 0 Å². The second kappa shape index (κ2) is 7.01. The number of aryl methyl sites for hydroxylation is 2. The molecule has 3 heterocycles. The molecule has 2 amide bonds. The first-order valence-electron chi connectivity index (χ1n) is 9.23. The van der Waals surface area contributed by atoms with Crippen LogP contribution in [0, 0.1) is 13.8 Å². The minimum absolute atomic E-state index is 0.0266. The van der Waals surface area contributed by atoms with Gasteiger partial charge in [0.05, 0.1) is 0 Å². The molecule has 1 saturated heterocycles. The summed E-state index contributed by atoms with van der Waals surface area (Å²) < 4.78 is 5.46. The number of carbonyl (C=O) groups is 1. The van der Waals surface area contributed by atoms with E-state index in [1.54, 1.807) is 6.92 Å². The van der Waals surface area contributed by atoms with E-state index in [1.165, 1.54) is 0 Å². The summed E-state index contributed by atoms with van der Waals surface area (Å²) in [6, 6.07) is 2.13. The highest BCUT2D eigenvalue weighted by Crippen LogP contribution is 2.36. The van der Waals surface area contributed by atoms with E-state index in [0.717, 1.165) is 50.3 Å². The quantitative estimate of drug-likeness (QED) is 0.906. The lowest BCUT2D eigenvalue weighted by Gasteiger charge is -2.37. The average Bonchev–Trinajstić information content (AvgIpc) is 3.03. The molecule has 0 aromatic carbocycles. The Hall–Kier alpha value is -2.51. The molecule has 0 radical (unpaired) electrons. The Morgan fingerprint density at radius 2 is 1.96 bits per heavy atom. The number of hydrogen-bond donors (Lipinski definition) is 1. The standard InChI is InChI=1S/C18H24N6O2/c1-11-3-6-19-16(20-11)13-4-7-24(8-5-13)18(25)21-15-9-14(10-15)17-23-22-12(2)26-17/h3,6,13-15H,4-5,7-10H2,1-2H3,(H,21,25). The van der Waals surface area contributed by atoms with Crippen LogP contribution in [-0.2, 0) is 0 Å². The highest BCUT2D eigenvalue weighted by atomic mass is 16.4. The summed E-state index contributed by atoms with van der Waals surface area (Å²) in [6.45, 7) is 5.26. The number of rotatable bonds is 3. The van der Waals surface area contributed by atoms with Gasteiger partial charge in [0, 0.05) is 49.8 Å². The summed E-state index contributed by atoms with van der Waals surface area (Å²) in [5.41, 5.74) is 0.992. The van der Waals surface area contributed by atoms with Gasteiger partial charge in [-0.1, -0.05) is 0 Å². The maximum Gasteiger partial charge on any atom is 0.317 e. The fraction of sp³-hybridized carbons (Fsp3) is 0.611. The fourth-order valence-electron chi connectivity index (χ4n) is 3.69. The summed E-state index contributed by atoms with van der Waals surface area (Å²) in [6.07, 6.45) is 5.35. The maximum absolute atomic E-state index is 12.5. The second-order valence-electron chi connectivity index (χ2n) is 7.29. The first-order chi connectivity index (χ1) is 12.6. The van der Waals surface area contributed by atoms with Crippen LogP contribution in [-0.4, -0.2) is 50.2 Å². The van der Waals surface area contributed by atoms with E-state index in [4.69, 9.17) is 4.42 Å². The molecule has 2 aromatic heterocycles. The van der Waals surface area contributed by atoms with Crippen molar-refractivity contribution in [3.63, 3.8) is 0 Å². The van der Waals surface area contributed by atoms with Gasteiger partial charge in [-0.25, -0.2) is 14.8 Å². The van der Waals surface area contributed by atoms with Gasteiger partial charge in [0.2, 0.25) is 11.8 Å². The van der Waals surface area contributed by atoms with Gasteiger partial charge >= 0.3 is 6.03 Å². The molecule has 0 atom stereocenters. The van der Waals surface area contributed by atoms with E-state index in [-0.39, 0.29) is 18.0 Å². The van der Waals surface area contributed by atoms with Crippen LogP contribution in [0.1, 0.15) is 60.8 Å². The number of amides is 2. The van der Waals surface area contributed by atoms with Gasteiger partial charge in [-0.3, -0.25) is 0 Å². The Kier molecular flexibility index (Phi) is 4.57. The zero-order valence-corrected chi connectivity index (χ0v) is 15.2. The number of urea groups is 1. The highest BCUT2D eigenvalue weighted by Gasteiger charge is 2.36. The predicted molar refractivity (Wildman–Crippen MR) is 93.6 cm³/mol. The molecule has 1 aliphatic carbocycles. The smallest absolute Gasteiger partial charge is 0.317 e. The van der Waals surface area contributed by atoms with Gasteiger partial charge in [-0.15, -0.1) is 10.2 Å². The fourth-order valence-corrected chi connectivity index (χ4v) is 3.69. The molecular formula is C18H24N6O2. The lowest BCUT2D eigenvalue weighted by Crippen LogP contribution is -2.51. The Morgan fingerprint density at radius 1 is 1.19 bits per heavy atom. The molecule has 1 N–H and O–H groups in total. The van der Waals surface area contributed by atoms with Gasteiger partial charge in [0.15, 0.2) is 0 Å². The SMILES string of the molecule is Cc1ccnc(C2CCN(C(=O)NC3CC(c4nnc(C)o4)C3)CC2)n1. The first-order valence-corrected chi connectivity index (χ1v) is 9.23. The van der Waals surface area contributed by atoms with Crippen LogP contribution in [0.25, 0.3) is 0 Å². The molecule has 4 rings (SSSR count). The van der Waals surface area contributed by atoms with Crippen LogP contribution in [0.4, 0.5) is 4.79 Å². The monoisotopic (exact) mass is 356 g/mol. The Bertz CT molecular complexity index is 777. The number of hydrogen-bond acceptors (Lipinski definition) is 6. The number of piperidine rings is 1. The van der Waals surface area contributed by atoms with Gasteiger partial charge in [-0.05, 0) is 38.7 Å². The van der Waals surface area contributed by atoms with Crippen molar-refractivity contribution in [2.24, 2.45) is 0 Å². The van der Waals surface area contributed by atoms with Crippen molar-refractivity contribution in [1.82, 2.24) is 30.4 Å². The topological polar surface area (TPSA) is 97.0 Å². The molecule has 8 heteroatoms. The van der Waals surface area contributed by atoms with Crippen LogP contribution in [0.15, 0.2) is 16.7 Å². The minimum atomic E-state index is 0.0266. The summed E-state index contributed by atoms with van der Waals surface area (Å²) in [7, 11) is 0. The van der Waals surface area contributed by atoms with E-state index in [9.17, 15) is 4.79 Å². The first kappa shape index (κ1) is 16.9. The molecule has 1 saturated carbocycles. The van der Waals surface area contributed by atoms with E-state index in [1.807, 2.05) is 24.1 Å². The second-order valence-corrected chi connectivity index (χ2v) is 7.29. The number of carbonyl (C=O) groups excluding carboxylic acids is 1. The maximum atomic E-state index is 12.5. The van der Waals surface area contributed by atoms with E-state index in [0.29, 0.717) is 17.7 Å². The zero-order valence-electron chi connectivity index (χ0n) is 15.2. The number of aromatic nitrogens is 4. The zero-order chi connectivity index (χ0) is 18.1. The lowest BCUT2D eigenvalue weighted by atomic mass is 9.80. The minimum Gasteiger partial charge on any atom is -0.425 e. The number of nitrogens with one attached hydrogen (secondary N) is 1. The molecular weight excluding hydrogens is 332 g/mol. The largest absolute Gasteiger partial charge is 0.425 e. The van der Waals surface area contributed by atoms with Crippen LogP contribution in [0.5, 0.6) is 0 Å². The number of nitrogens with zero attached hydrogens (tertiary/aromatic N) is 5. The van der Waals surface area contributed by atoms with E-state index < -0.39 is 0 Å². The van der Waals surface area contributed by atoms with Gasteiger partial charge < -0.3 is 14.6 Å². The summed E-state index contributed by atoms with van der Waals surface area (Å²) in [5.74, 6) is 2.79. The molecule has 2 aliphatic rings. The van der Waals surface area contributed by atoms with Crippen molar-refractivity contribution >= 4 is 6.03 Å². The molecule has 1 aliphatic heterocycles. The Labute approximate surface area is 152 Å². The van der Waals surface area contributed by atoms with Crippen molar-refractivity contribution in [3.8, 4) is 0 Å². The van der Waals surface area contributed by atoms with E-state index >= 15 is 0 Å². The van der Waals surface area contributed by atoms with Crippen LogP contribution in [0.3, 0.4) is 0 Å². The summed E-state index contributed by atoms with van der Waals surface area (Å²) >= 11 is 0. The van der Waals surface area contributed by atoms with Crippen molar-refractivity contribution < 1.29 is 9.21 Å². The van der Waals surface area contributed by atoms with Crippen molar-refractivity contribution in [2.75, 3.05) is 13.1 Å². The molecule has 0 spiro atoms. The molecule has 0 unspecified atom stereocenters. The molecule has 26 heavy (non-hydrogen) atoms. The van der Waals surface area contributed by atoms with Gasteiger partial charge in [0.25, 0.3) is 0 Å². The van der Waals surface area contributed by atoms with Crippen molar-refractivity contribution in [1.29, 1.82) is 0 Å². The normalized spacial score (nSPS) is 23.5. The summed E-state index contributed by atoms with van der Waals surface area (Å²) in [4.78, 5) is 23.3. The van der Waals surface area contributed by atoms with Crippen LogP contribution in [0.2, 0.25) is 0 Å². The van der Waals surface area contributed by atoms with Gasteiger partial charge in [-0.2, -0.15) is 0 Å². The molecule has 138 valence electrons. The average molecular weight is 356 g/mol. The third-order valence-corrected chi connectivity index (χ3v) is 5.32. The van der Waals surface area contributed by atoms with E-state index in [2.05, 4.69) is 25.5 Å².